The first kappa shape index (κ1) is 24.9. The van der Waals surface area contributed by atoms with Crippen LogP contribution < -0.4 is 10.6 Å². The standard InChI is InChI=1S/C25H34ClN3O5/c1-3-13-27-21(31)18-19-23(33)29(14-7-8-15-30)20(25(19)12-11-24(18,4-2)34-25)22(32)28-17-10-6-5-9-16(17)26/h5-6,9-10,18-20,30H,3-4,7-8,11-15H2,1-2H3,(H,27,31)(H,28,32)/t18-,19+,20?,24+,25?/m1/s1. The first-order chi connectivity index (χ1) is 16.3. The van der Waals surface area contributed by atoms with Gasteiger partial charge in [0.1, 0.15) is 11.6 Å². The number of unbranched alkanes of at least 4 members (excludes halogenated alkanes) is 1. The van der Waals surface area contributed by atoms with Crippen molar-refractivity contribution in [3.63, 3.8) is 0 Å². The van der Waals surface area contributed by atoms with Crippen molar-refractivity contribution in [1.29, 1.82) is 0 Å². The summed E-state index contributed by atoms with van der Waals surface area (Å²) >= 11 is 6.28. The Bertz CT molecular complexity index is 958. The molecule has 8 nitrogen and oxygen atoms in total. The Morgan fingerprint density at radius 1 is 1.21 bits per heavy atom. The highest BCUT2D eigenvalue weighted by molar-refractivity contribution is 6.33. The zero-order valence-corrected chi connectivity index (χ0v) is 20.6. The van der Waals surface area contributed by atoms with Crippen molar-refractivity contribution in [1.82, 2.24) is 10.2 Å². The molecule has 3 N–H and O–H groups in total. The van der Waals surface area contributed by atoms with E-state index in [4.69, 9.17) is 16.3 Å². The summed E-state index contributed by atoms with van der Waals surface area (Å²) in [6.07, 6.45) is 3.60. The fraction of sp³-hybridized carbons (Fsp3) is 0.640. The Hall–Kier alpha value is -2.16. The van der Waals surface area contributed by atoms with Gasteiger partial charge in [-0.3, -0.25) is 14.4 Å². The lowest BCUT2D eigenvalue weighted by Crippen LogP contribution is -2.53. The van der Waals surface area contributed by atoms with Crippen LogP contribution in [0.1, 0.15) is 52.4 Å². The third-order valence-electron chi connectivity index (χ3n) is 7.70. The number of aliphatic hydroxyl groups is 1. The molecule has 1 aromatic rings. The highest BCUT2D eigenvalue weighted by Gasteiger charge is 2.78. The van der Waals surface area contributed by atoms with Crippen LogP contribution in [-0.4, -0.2) is 64.7 Å². The van der Waals surface area contributed by atoms with E-state index in [-0.39, 0.29) is 24.3 Å². The van der Waals surface area contributed by atoms with Gasteiger partial charge in [0.15, 0.2) is 0 Å². The molecule has 3 fully saturated rings. The molecular formula is C25H34ClN3O5. The molecule has 3 amide bonds. The van der Waals surface area contributed by atoms with Crippen LogP contribution in [0.15, 0.2) is 24.3 Å². The predicted octanol–water partition coefficient (Wildman–Crippen LogP) is 2.73. The van der Waals surface area contributed by atoms with Crippen LogP contribution in [0.4, 0.5) is 5.69 Å². The van der Waals surface area contributed by atoms with Crippen molar-refractivity contribution < 1.29 is 24.2 Å². The maximum atomic E-state index is 13.8. The van der Waals surface area contributed by atoms with Gasteiger partial charge in [-0.1, -0.05) is 37.6 Å². The molecule has 3 aliphatic rings. The van der Waals surface area contributed by atoms with Crippen molar-refractivity contribution in [2.45, 2.75) is 69.6 Å². The SMILES string of the molecule is CCCNC(=O)[C@H]1[C@H]2C(=O)N(CCCCO)C(C(=O)Nc3ccccc3Cl)C23CC[C@]1(CC)O3. The zero-order chi connectivity index (χ0) is 24.5. The summed E-state index contributed by atoms with van der Waals surface area (Å²) in [6.45, 7) is 4.80. The quantitative estimate of drug-likeness (QED) is 0.436. The summed E-state index contributed by atoms with van der Waals surface area (Å²) in [7, 11) is 0. The molecule has 5 atom stereocenters. The first-order valence-electron chi connectivity index (χ1n) is 12.3. The number of rotatable bonds is 10. The molecule has 3 heterocycles. The molecule has 2 bridgehead atoms. The summed E-state index contributed by atoms with van der Waals surface area (Å²) in [5.41, 5.74) is -1.35. The summed E-state index contributed by atoms with van der Waals surface area (Å²) in [5, 5.41) is 15.5. The number of nitrogens with one attached hydrogen (secondary N) is 2. The fourth-order valence-electron chi connectivity index (χ4n) is 6.17. The number of para-hydroxylation sites is 1. The number of halogens is 1. The molecule has 9 heteroatoms. The average molecular weight is 492 g/mol. The maximum Gasteiger partial charge on any atom is 0.250 e. The second-order valence-electron chi connectivity index (χ2n) is 9.56. The van der Waals surface area contributed by atoms with Crippen LogP contribution in [0.3, 0.4) is 0 Å². The van der Waals surface area contributed by atoms with Crippen LogP contribution in [0.25, 0.3) is 0 Å². The van der Waals surface area contributed by atoms with Crippen LogP contribution in [0.5, 0.6) is 0 Å². The molecule has 186 valence electrons. The number of fused-ring (bicyclic) bond motifs is 1. The number of hydrogen-bond donors (Lipinski definition) is 3. The Balaban J connectivity index is 1.72. The van der Waals surface area contributed by atoms with E-state index in [1.165, 1.54) is 0 Å². The number of amides is 3. The van der Waals surface area contributed by atoms with Gasteiger partial charge in [0, 0.05) is 19.7 Å². The molecule has 3 aliphatic heterocycles. The second-order valence-corrected chi connectivity index (χ2v) is 9.96. The third kappa shape index (κ3) is 3.89. The zero-order valence-electron chi connectivity index (χ0n) is 19.8. The monoisotopic (exact) mass is 491 g/mol. The summed E-state index contributed by atoms with van der Waals surface area (Å²) in [4.78, 5) is 42.4. The molecule has 0 radical (unpaired) electrons. The van der Waals surface area contributed by atoms with Gasteiger partial charge in [-0.2, -0.15) is 0 Å². The lowest BCUT2D eigenvalue weighted by Gasteiger charge is -2.34. The molecule has 2 unspecified atom stereocenters. The highest BCUT2D eigenvalue weighted by Crippen LogP contribution is 2.64. The van der Waals surface area contributed by atoms with Gasteiger partial charge in [0.25, 0.3) is 0 Å². The van der Waals surface area contributed by atoms with Gasteiger partial charge in [-0.15, -0.1) is 0 Å². The number of nitrogens with zero attached hydrogens (tertiary/aromatic N) is 1. The van der Waals surface area contributed by atoms with E-state index in [0.717, 1.165) is 6.42 Å². The van der Waals surface area contributed by atoms with Crippen molar-refractivity contribution in [2.24, 2.45) is 11.8 Å². The van der Waals surface area contributed by atoms with Crippen molar-refractivity contribution in [3.05, 3.63) is 29.3 Å². The molecule has 3 saturated heterocycles. The number of anilines is 1. The van der Waals surface area contributed by atoms with Gasteiger partial charge in [0.05, 0.1) is 28.1 Å². The summed E-state index contributed by atoms with van der Waals surface area (Å²) < 4.78 is 6.68. The summed E-state index contributed by atoms with van der Waals surface area (Å²) in [6, 6.07) is 6.08. The molecule has 4 rings (SSSR count). The van der Waals surface area contributed by atoms with Gasteiger partial charge in [-0.05, 0) is 50.7 Å². The number of benzene rings is 1. The van der Waals surface area contributed by atoms with Crippen LogP contribution in [0, 0.1) is 11.8 Å². The fourth-order valence-corrected chi connectivity index (χ4v) is 6.36. The van der Waals surface area contributed by atoms with E-state index in [1.807, 2.05) is 13.8 Å². The normalized spacial score (nSPS) is 31.6. The smallest absolute Gasteiger partial charge is 0.250 e. The number of aliphatic hydroxyl groups excluding tert-OH is 1. The van der Waals surface area contributed by atoms with E-state index in [0.29, 0.717) is 55.9 Å². The van der Waals surface area contributed by atoms with E-state index in [2.05, 4.69) is 10.6 Å². The van der Waals surface area contributed by atoms with Crippen molar-refractivity contribution in [3.8, 4) is 0 Å². The van der Waals surface area contributed by atoms with Gasteiger partial charge >= 0.3 is 0 Å². The molecule has 1 aromatic carbocycles. The number of likely N-dealkylation sites (tertiary alicyclic amines) is 1. The molecule has 34 heavy (non-hydrogen) atoms. The number of hydrogen-bond acceptors (Lipinski definition) is 5. The minimum atomic E-state index is -1.06. The lowest BCUT2D eigenvalue weighted by atomic mass is 9.65. The Kier molecular flexibility index (Phi) is 7.22. The van der Waals surface area contributed by atoms with Gasteiger partial charge in [-0.25, -0.2) is 0 Å². The molecule has 0 aliphatic carbocycles. The maximum absolute atomic E-state index is 13.8. The van der Waals surface area contributed by atoms with Crippen molar-refractivity contribution in [2.75, 3.05) is 25.0 Å². The minimum absolute atomic E-state index is 0.00455. The van der Waals surface area contributed by atoms with Crippen molar-refractivity contribution >= 4 is 35.0 Å². The summed E-state index contributed by atoms with van der Waals surface area (Å²) in [5.74, 6) is -2.11. The van der Waals surface area contributed by atoms with Crippen LogP contribution in [-0.2, 0) is 19.1 Å². The Morgan fingerprint density at radius 3 is 2.65 bits per heavy atom. The minimum Gasteiger partial charge on any atom is -0.396 e. The molecule has 0 saturated carbocycles. The lowest BCUT2D eigenvalue weighted by molar-refractivity contribution is -0.146. The first-order valence-corrected chi connectivity index (χ1v) is 12.7. The van der Waals surface area contributed by atoms with E-state index >= 15 is 0 Å². The molecule has 1 spiro atoms. The number of carbonyl (C=O) groups is 3. The second kappa shape index (κ2) is 9.84. The number of ether oxygens (including phenoxy) is 1. The van der Waals surface area contributed by atoms with Gasteiger partial charge in [0.2, 0.25) is 17.7 Å². The van der Waals surface area contributed by atoms with E-state index < -0.39 is 29.1 Å². The molecular weight excluding hydrogens is 458 g/mol. The topological polar surface area (TPSA) is 108 Å². The molecule has 0 aromatic heterocycles. The van der Waals surface area contributed by atoms with Crippen LogP contribution in [0.2, 0.25) is 5.02 Å². The Labute approximate surface area is 205 Å². The van der Waals surface area contributed by atoms with E-state index in [9.17, 15) is 19.5 Å². The van der Waals surface area contributed by atoms with Crippen LogP contribution >= 0.6 is 11.6 Å². The Morgan fingerprint density at radius 2 is 1.97 bits per heavy atom. The largest absolute Gasteiger partial charge is 0.396 e. The third-order valence-corrected chi connectivity index (χ3v) is 8.03. The predicted molar refractivity (Wildman–Crippen MR) is 128 cm³/mol. The highest BCUT2D eigenvalue weighted by atomic mass is 35.5. The van der Waals surface area contributed by atoms with Gasteiger partial charge < -0.3 is 25.4 Å². The van der Waals surface area contributed by atoms with E-state index in [1.54, 1.807) is 29.2 Å². The average Bonchev–Trinajstić information content (AvgIpc) is 3.43. The number of carbonyl (C=O) groups excluding carboxylic acids is 3.